The standard InChI is InChI=1S/C12H21N3/c1-3-11-10(8-13-2)12(15-14-11)9-6-4-5-7-9/h9,13H,3-8H2,1-2H3,(H,14,15). The third-order valence-electron chi connectivity index (χ3n) is 3.43. The lowest BCUT2D eigenvalue weighted by atomic mass is 9.98. The fourth-order valence-electron chi connectivity index (χ4n) is 2.62. The number of hydrogen-bond acceptors (Lipinski definition) is 2. The number of aromatic amines is 1. The van der Waals surface area contributed by atoms with Crippen molar-refractivity contribution in [3.8, 4) is 0 Å². The molecule has 1 aliphatic rings. The van der Waals surface area contributed by atoms with E-state index in [4.69, 9.17) is 0 Å². The normalized spacial score (nSPS) is 17.5. The summed E-state index contributed by atoms with van der Waals surface area (Å²) in [5.41, 5.74) is 4.07. The van der Waals surface area contributed by atoms with E-state index in [2.05, 4.69) is 22.4 Å². The van der Waals surface area contributed by atoms with Crippen LogP contribution in [0.5, 0.6) is 0 Å². The molecule has 0 amide bonds. The van der Waals surface area contributed by atoms with E-state index in [9.17, 15) is 0 Å². The van der Waals surface area contributed by atoms with Gasteiger partial charge in [0.25, 0.3) is 0 Å². The summed E-state index contributed by atoms with van der Waals surface area (Å²) >= 11 is 0. The van der Waals surface area contributed by atoms with E-state index in [-0.39, 0.29) is 0 Å². The first-order chi connectivity index (χ1) is 7.36. The monoisotopic (exact) mass is 207 g/mol. The molecule has 0 saturated heterocycles. The minimum absolute atomic E-state index is 0.713. The van der Waals surface area contributed by atoms with Gasteiger partial charge in [0.2, 0.25) is 0 Å². The first-order valence-corrected chi connectivity index (χ1v) is 6.07. The van der Waals surface area contributed by atoms with Gasteiger partial charge in [-0.1, -0.05) is 19.8 Å². The molecule has 0 atom stereocenters. The van der Waals surface area contributed by atoms with Crippen LogP contribution in [0.4, 0.5) is 0 Å². The Morgan fingerprint density at radius 2 is 2.13 bits per heavy atom. The Morgan fingerprint density at radius 1 is 1.40 bits per heavy atom. The van der Waals surface area contributed by atoms with E-state index in [1.165, 1.54) is 42.6 Å². The maximum Gasteiger partial charge on any atom is 0.0700 e. The van der Waals surface area contributed by atoms with Crippen molar-refractivity contribution in [1.82, 2.24) is 15.5 Å². The molecule has 1 aliphatic carbocycles. The van der Waals surface area contributed by atoms with Gasteiger partial charge < -0.3 is 5.32 Å². The highest BCUT2D eigenvalue weighted by atomic mass is 15.1. The highest BCUT2D eigenvalue weighted by Gasteiger charge is 2.23. The Bertz CT molecular complexity index is 311. The molecule has 0 bridgehead atoms. The van der Waals surface area contributed by atoms with Gasteiger partial charge in [0, 0.05) is 23.7 Å². The van der Waals surface area contributed by atoms with Crippen molar-refractivity contribution < 1.29 is 0 Å². The Morgan fingerprint density at radius 3 is 2.73 bits per heavy atom. The van der Waals surface area contributed by atoms with Crippen molar-refractivity contribution >= 4 is 0 Å². The van der Waals surface area contributed by atoms with Gasteiger partial charge >= 0.3 is 0 Å². The smallest absolute Gasteiger partial charge is 0.0700 e. The molecule has 1 aromatic heterocycles. The third kappa shape index (κ3) is 2.07. The minimum Gasteiger partial charge on any atom is -0.316 e. The number of nitrogens with one attached hydrogen (secondary N) is 2. The van der Waals surface area contributed by atoms with Gasteiger partial charge in [-0.3, -0.25) is 5.10 Å². The van der Waals surface area contributed by atoms with Gasteiger partial charge in [-0.25, -0.2) is 0 Å². The van der Waals surface area contributed by atoms with Gasteiger partial charge in [-0.15, -0.1) is 0 Å². The fraction of sp³-hybridized carbons (Fsp3) is 0.750. The molecule has 15 heavy (non-hydrogen) atoms. The number of aromatic nitrogens is 2. The topological polar surface area (TPSA) is 40.7 Å². The molecule has 0 spiro atoms. The molecular weight excluding hydrogens is 186 g/mol. The van der Waals surface area contributed by atoms with Crippen LogP contribution in [0, 0.1) is 0 Å². The molecule has 3 heteroatoms. The molecule has 84 valence electrons. The molecule has 1 saturated carbocycles. The van der Waals surface area contributed by atoms with Crippen LogP contribution in [0.2, 0.25) is 0 Å². The van der Waals surface area contributed by atoms with Crippen molar-refractivity contribution in [3.63, 3.8) is 0 Å². The number of rotatable bonds is 4. The summed E-state index contributed by atoms with van der Waals surface area (Å²) in [4.78, 5) is 0. The highest BCUT2D eigenvalue weighted by molar-refractivity contribution is 5.28. The number of hydrogen-bond donors (Lipinski definition) is 2. The van der Waals surface area contributed by atoms with Gasteiger partial charge in [-0.05, 0) is 26.3 Å². The van der Waals surface area contributed by atoms with Crippen molar-refractivity contribution in [2.24, 2.45) is 0 Å². The second-order valence-electron chi connectivity index (χ2n) is 4.43. The molecule has 0 radical (unpaired) electrons. The summed E-state index contributed by atoms with van der Waals surface area (Å²) in [5.74, 6) is 0.713. The van der Waals surface area contributed by atoms with Crippen LogP contribution in [0.1, 0.15) is 55.5 Å². The van der Waals surface area contributed by atoms with Crippen LogP contribution in [0.25, 0.3) is 0 Å². The predicted octanol–water partition coefficient (Wildman–Crippen LogP) is 2.35. The average molecular weight is 207 g/mol. The second-order valence-corrected chi connectivity index (χ2v) is 4.43. The average Bonchev–Trinajstić information content (AvgIpc) is 2.85. The highest BCUT2D eigenvalue weighted by Crippen LogP contribution is 2.35. The number of aryl methyl sites for hydroxylation is 1. The molecule has 1 aromatic rings. The Hall–Kier alpha value is -0.830. The van der Waals surface area contributed by atoms with Crippen LogP contribution < -0.4 is 5.32 Å². The van der Waals surface area contributed by atoms with Gasteiger partial charge in [0.1, 0.15) is 0 Å². The summed E-state index contributed by atoms with van der Waals surface area (Å²) in [6, 6.07) is 0. The zero-order valence-corrected chi connectivity index (χ0v) is 9.77. The summed E-state index contributed by atoms with van der Waals surface area (Å²) in [6.45, 7) is 3.14. The van der Waals surface area contributed by atoms with E-state index in [0.29, 0.717) is 5.92 Å². The lowest BCUT2D eigenvalue weighted by Crippen LogP contribution is -2.09. The first kappa shape index (κ1) is 10.7. The van der Waals surface area contributed by atoms with E-state index in [1.54, 1.807) is 0 Å². The second kappa shape index (κ2) is 4.79. The molecule has 2 N–H and O–H groups in total. The van der Waals surface area contributed by atoms with Gasteiger partial charge in [0.05, 0.1) is 5.69 Å². The summed E-state index contributed by atoms with van der Waals surface area (Å²) < 4.78 is 0. The van der Waals surface area contributed by atoms with Crippen molar-refractivity contribution in [3.05, 3.63) is 17.0 Å². The van der Waals surface area contributed by atoms with Crippen molar-refractivity contribution in [2.45, 2.75) is 51.5 Å². The number of H-pyrrole nitrogens is 1. The number of nitrogens with zero attached hydrogens (tertiary/aromatic N) is 1. The quantitative estimate of drug-likeness (QED) is 0.795. The molecule has 1 heterocycles. The largest absolute Gasteiger partial charge is 0.316 e. The zero-order valence-electron chi connectivity index (χ0n) is 9.77. The van der Waals surface area contributed by atoms with Crippen LogP contribution >= 0.6 is 0 Å². The van der Waals surface area contributed by atoms with E-state index < -0.39 is 0 Å². The lowest BCUT2D eigenvalue weighted by Gasteiger charge is -2.09. The molecule has 0 aromatic carbocycles. The maximum atomic E-state index is 4.52. The molecular formula is C12H21N3. The van der Waals surface area contributed by atoms with Gasteiger partial charge in [-0.2, -0.15) is 5.10 Å². The maximum absolute atomic E-state index is 4.52. The fourth-order valence-corrected chi connectivity index (χ4v) is 2.62. The summed E-state index contributed by atoms with van der Waals surface area (Å²) in [6.07, 6.45) is 6.45. The summed E-state index contributed by atoms with van der Waals surface area (Å²) in [7, 11) is 2.00. The third-order valence-corrected chi connectivity index (χ3v) is 3.43. The van der Waals surface area contributed by atoms with Crippen LogP contribution in [-0.2, 0) is 13.0 Å². The Balaban J connectivity index is 2.24. The van der Waals surface area contributed by atoms with Gasteiger partial charge in [0.15, 0.2) is 0 Å². The van der Waals surface area contributed by atoms with Crippen LogP contribution in [0.15, 0.2) is 0 Å². The molecule has 1 fully saturated rings. The van der Waals surface area contributed by atoms with E-state index in [1.807, 2.05) is 7.05 Å². The summed E-state index contributed by atoms with van der Waals surface area (Å²) in [5, 5.41) is 11.0. The molecule has 0 unspecified atom stereocenters. The van der Waals surface area contributed by atoms with Crippen LogP contribution in [-0.4, -0.2) is 17.2 Å². The Kier molecular flexibility index (Phi) is 3.41. The predicted molar refractivity (Wildman–Crippen MR) is 61.9 cm³/mol. The Labute approximate surface area is 91.7 Å². The zero-order chi connectivity index (χ0) is 10.7. The molecule has 2 rings (SSSR count). The van der Waals surface area contributed by atoms with E-state index in [0.717, 1.165) is 13.0 Å². The lowest BCUT2D eigenvalue weighted by molar-refractivity contribution is 0.675. The van der Waals surface area contributed by atoms with Crippen LogP contribution in [0.3, 0.4) is 0 Å². The molecule has 3 nitrogen and oxygen atoms in total. The van der Waals surface area contributed by atoms with Crippen molar-refractivity contribution in [1.29, 1.82) is 0 Å². The molecule has 0 aliphatic heterocycles. The minimum atomic E-state index is 0.713. The van der Waals surface area contributed by atoms with E-state index >= 15 is 0 Å². The SMILES string of the molecule is CCc1[nH]nc(C2CCCC2)c1CNC. The first-order valence-electron chi connectivity index (χ1n) is 6.07. The van der Waals surface area contributed by atoms with Crippen molar-refractivity contribution in [2.75, 3.05) is 7.05 Å².